The van der Waals surface area contributed by atoms with E-state index in [0.717, 1.165) is 28.3 Å². The number of ether oxygens (including phenoxy) is 1. The Morgan fingerprint density at radius 2 is 2.00 bits per heavy atom. The molecule has 3 aromatic rings. The maximum atomic E-state index is 11.0. The molecule has 0 spiro atoms. The summed E-state index contributed by atoms with van der Waals surface area (Å²) in [7, 11) is 1.80. The molecule has 0 saturated heterocycles. The first-order valence-electron chi connectivity index (χ1n) is 7.44. The van der Waals surface area contributed by atoms with E-state index >= 15 is 0 Å². The molecule has 0 aliphatic rings. The molecule has 3 rings (SSSR count). The van der Waals surface area contributed by atoms with Crippen LogP contribution in [0.1, 0.15) is 12.7 Å². The molecule has 0 saturated carbocycles. The summed E-state index contributed by atoms with van der Waals surface area (Å²) in [6.07, 6.45) is 0. The van der Waals surface area contributed by atoms with E-state index in [1.165, 1.54) is 0 Å². The number of carbonyl (C=O) groups is 1. The van der Waals surface area contributed by atoms with Crippen molar-refractivity contribution in [2.75, 3.05) is 0 Å². The summed E-state index contributed by atoms with van der Waals surface area (Å²) < 4.78 is 7.66. The first kappa shape index (κ1) is 16.3. The zero-order valence-electron chi connectivity index (χ0n) is 13.3. The van der Waals surface area contributed by atoms with Gasteiger partial charge in [0.25, 0.3) is 0 Å². The predicted octanol–water partition coefficient (Wildman–Crippen LogP) is 3.11. The first-order chi connectivity index (χ1) is 11.6. The Kier molecular flexibility index (Phi) is 4.71. The van der Waals surface area contributed by atoms with Crippen LogP contribution in [0, 0.1) is 0 Å². The van der Waals surface area contributed by atoms with Crippen LogP contribution in [0.4, 0.5) is 0 Å². The Hall–Kier alpha value is -2.54. The average Bonchev–Trinajstić information content (AvgIpc) is 2.93. The number of carboxylic acid groups (broad SMARTS) is 1. The van der Waals surface area contributed by atoms with Crippen molar-refractivity contribution in [3.05, 3.63) is 48.3 Å². The molecule has 0 bridgehead atoms. The Morgan fingerprint density at radius 3 is 2.79 bits per heavy atom. The normalized spacial score (nSPS) is 12.2. The highest BCUT2D eigenvalue weighted by atomic mass is 32.2. The predicted molar refractivity (Wildman–Crippen MR) is 92.2 cm³/mol. The summed E-state index contributed by atoms with van der Waals surface area (Å²) >= 11 is 1.16. The van der Waals surface area contributed by atoms with Crippen molar-refractivity contribution in [1.29, 1.82) is 0 Å². The summed E-state index contributed by atoms with van der Waals surface area (Å²) in [5.74, 6) is 0.545. The van der Waals surface area contributed by atoms with E-state index in [-0.39, 0.29) is 6.61 Å². The average molecular weight is 343 g/mol. The van der Waals surface area contributed by atoms with E-state index < -0.39 is 11.2 Å². The van der Waals surface area contributed by atoms with E-state index in [1.54, 1.807) is 18.5 Å². The molecule has 2 aromatic carbocycles. The molecule has 124 valence electrons. The number of carboxylic acids is 1. The molecule has 0 aliphatic carbocycles. The van der Waals surface area contributed by atoms with Crippen molar-refractivity contribution >= 4 is 28.5 Å². The van der Waals surface area contributed by atoms with Crippen molar-refractivity contribution in [3.63, 3.8) is 0 Å². The molecule has 1 aromatic heterocycles. The van der Waals surface area contributed by atoms with Crippen molar-refractivity contribution in [2.24, 2.45) is 7.05 Å². The number of aliphatic carboxylic acids is 1. The minimum Gasteiger partial charge on any atom is -0.485 e. The van der Waals surface area contributed by atoms with Crippen LogP contribution in [0.5, 0.6) is 5.75 Å². The van der Waals surface area contributed by atoms with Gasteiger partial charge in [-0.15, -0.1) is 10.2 Å². The van der Waals surface area contributed by atoms with Crippen LogP contribution in [0.15, 0.2) is 47.6 Å². The van der Waals surface area contributed by atoms with Crippen LogP contribution in [0.3, 0.4) is 0 Å². The smallest absolute Gasteiger partial charge is 0.316 e. The molecular weight excluding hydrogens is 326 g/mol. The quantitative estimate of drug-likeness (QED) is 0.693. The second-order valence-electron chi connectivity index (χ2n) is 5.32. The van der Waals surface area contributed by atoms with Gasteiger partial charge in [-0.2, -0.15) is 0 Å². The third-order valence-electron chi connectivity index (χ3n) is 3.66. The maximum Gasteiger partial charge on any atom is 0.316 e. The van der Waals surface area contributed by atoms with Gasteiger partial charge in [0, 0.05) is 12.4 Å². The zero-order chi connectivity index (χ0) is 17.1. The van der Waals surface area contributed by atoms with Gasteiger partial charge in [0.1, 0.15) is 17.6 Å². The molecule has 24 heavy (non-hydrogen) atoms. The Morgan fingerprint density at radius 1 is 1.25 bits per heavy atom. The molecule has 1 heterocycles. The fraction of sp³-hybridized carbons (Fsp3) is 0.235. The largest absolute Gasteiger partial charge is 0.485 e. The number of hydrogen-bond donors (Lipinski definition) is 1. The second kappa shape index (κ2) is 6.92. The lowest BCUT2D eigenvalue weighted by atomic mass is 10.1. The molecule has 0 radical (unpaired) electrons. The fourth-order valence-corrected chi connectivity index (χ4v) is 3.01. The third-order valence-corrected chi connectivity index (χ3v) is 4.78. The van der Waals surface area contributed by atoms with Crippen molar-refractivity contribution in [2.45, 2.75) is 23.9 Å². The highest BCUT2D eigenvalue weighted by molar-refractivity contribution is 8.00. The van der Waals surface area contributed by atoms with Crippen LogP contribution in [-0.2, 0) is 18.4 Å². The van der Waals surface area contributed by atoms with Crippen LogP contribution < -0.4 is 4.74 Å². The van der Waals surface area contributed by atoms with E-state index in [0.29, 0.717) is 11.0 Å². The van der Waals surface area contributed by atoms with Crippen LogP contribution in [0.2, 0.25) is 0 Å². The lowest BCUT2D eigenvalue weighted by Gasteiger charge is -2.09. The van der Waals surface area contributed by atoms with Gasteiger partial charge in [0.15, 0.2) is 11.0 Å². The molecular formula is C17H17N3O3S. The Bertz CT molecular complexity index is 873. The highest BCUT2D eigenvalue weighted by Gasteiger charge is 2.18. The highest BCUT2D eigenvalue weighted by Crippen LogP contribution is 2.26. The Labute approximate surface area is 143 Å². The Balaban J connectivity index is 1.75. The minimum atomic E-state index is -0.878. The van der Waals surface area contributed by atoms with Gasteiger partial charge in [-0.3, -0.25) is 4.79 Å². The number of nitrogens with zero attached hydrogens (tertiary/aromatic N) is 3. The number of hydrogen-bond acceptors (Lipinski definition) is 5. The molecule has 7 heteroatoms. The molecule has 1 unspecified atom stereocenters. The number of aromatic nitrogens is 3. The lowest BCUT2D eigenvalue weighted by molar-refractivity contribution is -0.136. The summed E-state index contributed by atoms with van der Waals surface area (Å²) in [5, 5.41) is 19.3. The number of thioether (sulfide) groups is 1. The van der Waals surface area contributed by atoms with Gasteiger partial charge in [0.2, 0.25) is 0 Å². The standard InChI is InChI=1S/C17H17N3O3S/c1-11(16(21)22)24-17-19-18-15(20(17)2)10-23-14-9-5-7-12-6-3-4-8-13(12)14/h3-9,11H,10H2,1-2H3,(H,21,22). The van der Waals surface area contributed by atoms with Crippen molar-refractivity contribution < 1.29 is 14.6 Å². The van der Waals surface area contributed by atoms with Crippen LogP contribution in [0.25, 0.3) is 10.8 Å². The summed E-state index contributed by atoms with van der Waals surface area (Å²) in [6.45, 7) is 1.88. The van der Waals surface area contributed by atoms with Crippen LogP contribution >= 0.6 is 11.8 Å². The topological polar surface area (TPSA) is 77.2 Å². The van der Waals surface area contributed by atoms with Gasteiger partial charge in [-0.25, -0.2) is 0 Å². The number of benzene rings is 2. The van der Waals surface area contributed by atoms with Crippen LogP contribution in [-0.4, -0.2) is 31.1 Å². The summed E-state index contributed by atoms with van der Waals surface area (Å²) in [6, 6.07) is 13.9. The minimum absolute atomic E-state index is 0.263. The van der Waals surface area contributed by atoms with Gasteiger partial charge < -0.3 is 14.4 Å². The third kappa shape index (κ3) is 3.35. The maximum absolute atomic E-state index is 11.0. The molecule has 0 fully saturated rings. The summed E-state index contributed by atoms with van der Waals surface area (Å²) in [5.41, 5.74) is 0. The molecule has 0 amide bonds. The molecule has 0 aliphatic heterocycles. The second-order valence-corrected chi connectivity index (χ2v) is 6.63. The van der Waals surface area contributed by atoms with Gasteiger partial charge in [-0.1, -0.05) is 48.2 Å². The fourth-order valence-electron chi connectivity index (χ4n) is 2.25. The van der Waals surface area contributed by atoms with E-state index in [2.05, 4.69) is 10.2 Å². The van der Waals surface area contributed by atoms with Crippen molar-refractivity contribution in [1.82, 2.24) is 14.8 Å². The van der Waals surface area contributed by atoms with E-state index in [9.17, 15) is 4.79 Å². The SMILES string of the molecule is CC(Sc1nnc(COc2cccc3ccccc23)n1C)C(=O)O. The number of rotatable bonds is 6. The zero-order valence-corrected chi connectivity index (χ0v) is 14.2. The van der Waals surface area contributed by atoms with Crippen molar-refractivity contribution in [3.8, 4) is 5.75 Å². The van der Waals surface area contributed by atoms with Gasteiger partial charge in [-0.05, 0) is 18.4 Å². The number of fused-ring (bicyclic) bond motifs is 1. The molecule has 1 atom stereocenters. The van der Waals surface area contributed by atoms with E-state index in [1.807, 2.05) is 42.5 Å². The first-order valence-corrected chi connectivity index (χ1v) is 8.32. The molecule has 1 N–H and O–H groups in total. The summed E-state index contributed by atoms with van der Waals surface area (Å²) in [4.78, 5) is 11.0. The van der Waals surface area contributed by atoms with Gasteiger partial charge >= 0.3 is 5.97 Å². The van der Waals surface area contributed by atoms with E-state index in [4.69, 9.17) is 9.84 Å². The monoisotopic (exact) mass is 343 g/mol. The molecule has 6 nitrogen and oxygen atoms in total. The lowest BCUT2D eigenvalue weighted by Crippen LogP contribution is -2.12. The van der Waals surface area contributed by atoms with Gasteiger partial charge in [0.05, 0.1) is 0 Å².